The highest BCUT2D eigenvalue weighted by Crippen LogP contribution is 2.16. The van der Waals surface area contributed by atoms with Gasteiger partial charge in [0, 0.05) is 17.9 Å². The van der Waals surface area contributed by atoms with E-state index in [-0.39, 0.29) is 5.56 Å². The molecule has 3 rings (SSSR count). The van der Waals surface area contributed by atoms with Gasteiger partial charge in [0.1, 0.15) is 23.9 Å². The second kappa shape index (κ2) is 7.27. The maximum Gasteiger partial charge on any atom is 0.331 e. The number of carbonyl (C=O) groups excluding carboxylic acids is 1. The van der Waals surface area contributed by atoms with E-state index in [1.54, 1.807) is 24.3 Å². The van der Waals surface area contributed by atoms with Gasteiger partial charge < -0.3 is 10.1 Å². The number of rotatable bonds is 5. The lowest BCUT2D eigenvalue weighted by Crippen LogP contribution is -2.44. The summed E-state index contributed by atoms with van der Waals surface area (Å²) in [7, 11) is 0. The Morgan fingerprint density at radius 1 is 1.31 bits per heavy atom. The molecule has 1 amide bonds. The summed E-state index contributed by atoms with van der Waals surface area (Å²) in [5, 5.41) is 11.9. The number of amides is 1. The molecule has 0 aliphatic carbocycles. The highest BCUT2D eigenvalue weighted by atomic mass is 16.5. The van der Waals surface area contributed by atoms with Crippen LogP contribution in [0.2, 0.25) is 0 Å². The Balaban J connectivity index is 1.83. The molecule has 2 aromatic rings. The van der Waals surface area contributed by atoms with Gasteiger partial charge in [-0.3, -0.25) is 14.2 Å². The normalized spacial score (nSPS) is 12.3. The molecule has 1 aromatic carbocycles. The van der Waals surface area contributed by atoms with Crippen LogP contribution in [0.15, 0.2) is 33.9 Å². The topological polar surface area (TPSA) is 106 Å². The number of nitrogens with zero attached hydrogens (tertiary/aromatic N) is 3. The third kappa shape index (κ3) is 3.24. The molecule has 0 bridgehead atoms. The Bertz CT molecular complexity index is 996. The molecule has 134 valence electrons. The Hall–Kier alpha value is -3.34. The van der Waals surface area contributed by atoms with Crippen molar-refractivity contribution in [2.45, 2.75) is 32.9 Å². The van der Waals surface area contributed by atoms with E-state index in [4.69, 9.17) is 4.74 Å². The van der Waals surface area contributed by atoms with Crippen LogP contribution >= 0.6 is 0 Å². The molecule has 0 spiro atoms. The largest absolute Gasteiger partial charge is 0.494 e. The Morgan fingerprint density at radius 2 is 2.04 bits per heavy atom. The van der Waals surface area contributed by atoms with Crippen LogP contribution < -0.4 is 21.3 Å². The summed E-state index contributed by atoms with van der Waals surface area (Å²) in [6, 6.07) is 8.63. The minimum absolute atomic E-state index is 0.0593. The van der Waals surface area contributed by atoms with Crippen LogP contribution in [0, 0.1) is 11.3 Å². The summed E-state index contributed by atoms with van der Waals surface area (Å²) in [6.07, 6.45) is 1.22. The van der Waals surface area contributed by atoms with Crippen molar-refractivity contribution in [1.82, 2.24) is 9.13 Å². The van der Waals surface area contributed by atoms with E-state index >= 15 is 0 Å². The summed E-state index contributed by atoms with van der Waals surface area (Å²) >= 11 is 0. The van der Waals surface area contributed by atoms with Gasteiger partial charge in [0.2, 0.25) is 5.91 Å². The Morgan fingerprint density at radius 3 is 2.69 bits per heavy atom. The van der Waals surface area contributed by atoms with Crippen molar-refractivity contribution < 1.29 is 9.53 Å². The first-order valence-corrected chi connectivity index (χ1v) is 8.34. The molecular weight excluding hydrogens is 336 g/mol. The maximum absolute atomic E-state index is 12.5. The zero-order valence-corrected chi connectivity index (χ0v) is 14.3. The average Bonchev–Trinajstić information content (AvgIpc) is 3.11. The predicted molar refractivity (Wildman–Crippen MR) is 94.2 cm³/mol. The quantitative estimate of drug-likeness (QED) is 0.857. The van der Waals surface area contributed by atoms with E-state index in [2.05, 4.69) is 5.32 Å². The number of carbonyl (C=O) groups is 1. The second-order valence-electron chi connectivity index (χ2n) is 5.87. The molecule has 0 saturated heterocycles. The number of benzene rings is 1. The first-order chi connectivity index (χ1) is 12.5. The van der Waals surface area contributed by atoms with Crippen LogP contribution in [0.1, 0.15) is 24.6 Å². The summed E-state index contributed by atoms with van der Waals surface area (Å²) in [5.41, 5.74) is -0.342. The number of anilines is 1. The van der Waals surface area contributed by atoms with Crippen LogP contribution in [0.3, 0.4) is 0 Å². The van der Waals surface area contributed by atoms with E-state index in [0.29, 0.717) is 43.1 Å². The molecule has 1 aliphatic heterocycles. The van der Waals surface area contributed by atoms with Crippen LogP contribution in [0.25, 0.3) is 0 Å². The Kier molecular flexibility index (Phi) is 4.89. The van der Waals surface area contributed by atoms with Gasteiger partial charge in [-0.2, -0.15) is 5.26 Å². The van der Waals surface area contributed by atoms with Crippen LogP contribution in [-0.2, 0) is 24.3 Å². The first-order valence-electron chi connectivity index (χ1n) is 8.34. The number of hydrogen-bond donors (Lipinski definition) is 1. The zero-order chi connectivity index (χ0) is 18.7. The number of ether oxygens (including phenoxy) is 1. The number of nitrogens with one attached hydrogen (secondary N) is 1. The predicted octanol–water partition coefficient (Wildman–Crippen LogP) is 0.865. The molecule has 8 heteroatoms. The molecule has 0 unspecified atom stereocenters. The van der Waals surface area contributed by atoms with Gasteiger partial charge in [-0.15, -0.1) is 0 Å². The van der Waals surface area contributed by atoms with Gasteiger partial charge in [0.15, 0.2) is 0 Å². The fourth-order valence-corrected chi connectivity index (χ4v) is 3.03. The summed E-state index contributed by atoms with van der Waals surface area (Å²) in [6.45, 7) is 2.42. The van der Waals surface area contributed by atoms with Crippen molar-refractivity contribution >= 4 is 11.6 Å². The molecule has 1 aliphatic rings. The monoisotopic (exact) mass is 354 g/mol. The second-order valence-corrected chi connectivity index (χ2v) is 5.87. The van der Waals surface area contributed by atoms with Gasteiger partial charge in [0.05, 0.1) is 6.61 Å². The molecular formula is C18H18N4O4. The lowest BCUT2D eigenvalue weighted by atomic mass is 10.2. The molecule has 2 heterocycles. The van der Waals surface area contributed by atoms with E-state index in [0.717, 1.165) is 4.57 Å². The summed E-state index contributed by atoms with van der Waals surface area (Å²) in [4.78, 5) is 37.2. The molecule has 26 heavy (non-hydrogen) atoms. The summed E-state index contributed by atoms with van der Waals surface area (Å²) < 4.78 is 7.55. The standard InChI is InChI=1S/C18H18N4O4/c1-2-26-13-7-5-12(6-8-13)20-16(23)11-22-17(24)14(10-19)15-4-3-9-21(15)18(22)25/h5-8H,2-4,9,11H2,1H3,(H,20,23). The minimum Gasteiger partial charge on any atom is -0.494 e. The Labute approximate surface area is 149 Å². The van der Waals surface area contributed by atoms with Crippen LogP contribution in [-0.4, -0.2) is 21.6 Å². The smallest absolute Gasteiger partial charge is 0.331 e. The minimum atomic E-state index is -0.715. The molecule has 0 saturated carbocycles. The van der Waals surface area contributed by atoms with Crippen molar-refractivity contribution in [2.24, 2.45) is 0 Å². The highest BCUT2D eigenvalue weighted by molar-refractivity contribution is 5.90. The van der Waals surface area contributed by atoms with Gasteiger partial charge in [0.25, 0.3) is 5.56 Å². The van der Waals surface area contributed by atoms with Gasteiger partial charge >= 0.3 is 5.69 Å². The highest BCUT2D eigenvalue weighted by Gasteiger charge is 2.23. The third-order valence-corrected chi connectivity index (χ3v) is 4.19. The first kappa shape index (κ1) is 17.5. The van der Waals surface area contributed by atoms with Crippen LogP contribution in [0.4, 0.5) is 5.69 Å². The molecule has 0 atom stereocenters. The van der Waals surface area contributed by atoms with E-state index < -0.39 is 23.7 Å². The molecule has 8 nitrogen and oxygen atoms in total. The van der Waals surface area contributed by atoms with Crippen molar-refractivity contribution in [3.8, 4) is 11.8 Å². The fraction of sp³-hybridized carbons (Fsp3) is 0.333. The number of hydrogen-bond acceptors (Lipinski definition) is 5. The maximum atomic E-state index is 12.5. The number of fused-ring (bicyclic) bond motifs is 1. The zero-order valence-electron chi connectivity index (χ0n) is 14.3. The molecule has 0 fully saturated rings. The van der Waals surface area contributed by atoms with Crippen molar-refractivity contribution in [2.75, 3.05) is 11.9 Å². The van der Waals surface area contributed by atoms with E-state index in [1.807, 2.05) is 13.0 Å². The van der Waals surface area contributed by atoms with E-state index in [9.17, 15) is 19.6 Å². The fourth-order valence-electron chi connectivity index (χ4n) is 3.03. The third-order valence-electron chi connectivity index (χ3n) is 4.19. The number of aromatic nitrogens is 2. The summed E-state index contributed by atoms with van der Waals surface area (Å²) in [5.74, 6) is 0.160. The lowest BCUT2D eigenvalue weighted by molar-refractivity contribution is -0.116. The van der Waals surface area contributed by atoms with Gasteiger partial charge in [-0.1, -0.05) is 0 Å². The SMILES string of the molecule is CCOc1ccc(NC(=O)Cn2c(=O)c(C#N)c3n(c2=O)CCC3)cc1. The van der Waals surface area contributed by atoms with Crippen molar-refractivity contribution in [1.29, 1.82) is 5.26 Å². The van der Waals surface area contributed by atoms with E-state index in [1.165, 1.54) is 4.57 Å². The molecule has 0 radical (unpaired) electrons. The molecule has 1 N–H and O–H groups in total. The molecule has 1 aromatic heterocycles. The lowest BCUT2D eigenvalue weighted by Gasteiger charge is -2.11. The number of nitriles is 1. The average molecular weight is 354 g/mol. The van der Waals surface area contributed by atoms with Gasteiger partial charge in [-0.05, 0) is 44.0 Å². The van der Waals surface area contributed by atoms with Crippen LogP contribution in [0.5, 0.6) is 5.75 Å². The van der Waals surface area contributed by atoms with Crippen molar-refractivity contribution in [3.63, 3.8) is 0 Å². The van der Waals surface area contributed by atoms with Gasteiger partial charge in [-0.25, -0.2) is 9.36 Å². The van der Waals surface area contributed by atoms with Crippen molar-refractivity contribution in [3.05, 3.63) is 56.4 Å².